The fourth-order valence-corrected chi connectivity index (χ4v) is 5.57. The number of nitriles is 1. The van der Waals surface area contributed by atoms with E-state index in [4.69, 9.17) is 13.8 Å². The zero-order chi connectivity index (χ0) is 23.5. The molecule has 0 amide bonds. The van der Waals surface area contributed by atoms with E-state index in [-0.39, 0.29) is 19.5 Å². The summed E-state index contributed by atoms with van der Waals surface area (Å²) in [5, 5.41) is 20.8. The van der Waals surface area contributed by atoms with E-state index in [1.807, 2.05) is 0 Å². The second kappa shape index (κ2) is 9.60. The summed E-state index contributed by atoms with van der Waals surface area (Å²) in [7, 11) is -3.60. The maximum absolute atomic E-state index is 13.7. The van der Waals surface area contributed by atoms with E-state index in [9.17, 15) is 19.3 Å². The van der Waals surface area contributed by atoms with Crippen LogP contribution in [-0.2, 0) is 13.6 Å². The molecule has 32 heavy (non-hydrogen) atoms. The van der Waals surface area contributed by atoms with Crippen molar-refractivity contribution in [2.45, 2.75) is 45.4 Å². The molecule has 2 aromatic rings. The minimum atomic E-state index is -3.60. The highest BCUT2D eigenvalue weighted by Crippen LogP contribution is 2.53. The number of hydrogen-bond donors (Lipinski definition) is 1. The quantitative estimate of drug-likeness (QED) is 0.552. The largest absolute Gasteiger partial charge is 0.485 e. The highest BCUT2D eigenvalue weighted by Gasteiger charge is 2.47. The van der Waals surface area contributed by atoms with Crippen molar-refractivity contribution in [3.05, 3.63) is 59.4 Å². The molecule has 9 heteroatoms. The minimum absolute atomic E-state index is 0.172. The summed E-state index contributed by atoms with van der Waals surface area (Å²) in [4.78, 5) is 1.68. The topological polar surface area (TPSA) is 92.0 Å². The molecule has 0 fully saturated rings. The van der Waals surface area contributed by atoms with Crippen molar-refractivity contribution in [2.24, 2.45) is 0 Å². The molecule has 0 bridgehead atoms. The number of ether oxygens (including phenoxy) is 1. The van der Waals surface area contributed by atoms with Gasteiger partial charge in [0.2, 0.25) is 0 Å². The molecule has 172 valence electrons. The lowest BCUT2D eigenvalue weighted by Gasteiger charge is -2.47. The van der Waals surface area contributed by atoms with E-state index < -0.39 is 31.2 Å². The number of halogens is 1. The Balaban J connectivity index is 2.20. The highest BCUT2D eigenvalue weighted by molar-refractivity contribution is 7.54. The molecule has 3 rings (SSSR count). The molecule has 0 spiro atoms. The molecular formula is C23H28FN2O5P. The van der Waals surface area contributed by atoms with Crippen LogP contribution >= 0.6 is 7.60 Å². The Morgan fingerprint density at radius 3 is 2.38 bits per heavy atom. The van der Waals surface area contributed by atoms with Gasteiger partial charge in [0.15, 0.2) is 0 Å². The molecule has 7 nitrogen and oxygen atoms in total. The van der Waals surface area contributed by atoms with E-state index in [0.29, 0.717) is 22.6 Å². The maximum Gasteiger partial charge on any atom is 0.349 e. The molecule has 1 aliphatic heterocycles. The zero-order valence-corrected chi connectivity index (χ0v) is 19.5. The molecule has 0 aromatic heterocycles. The van der Waals surface area contributed by atoms with Crippen LogP contribution in [0.3, 0.4) is 0 Å². The van der Waals surface area contributed by atoms with Gasteiger partial charge >= 0.3 is 7.60 Å². The Morgan fingerprint density at radius 2 is 1.81 bits per heavy atom. The average Bonchev–Trinajstić information content (AvgIpc) is 2.74. The molecule has 2 atom stereocenters. The van der Waals surface area contributed by atoms with Gasteiger partial charge in [0, 0.05) is 11.3 Å². The second-order valence-electron chi connectivity index (χ2n) is 7.99. The van der Waals surface area contributed by atoms with E-state index in [2.05, 4.69) is 6.07 Å². The van der Waals surface area contributed by atoms with Gasteiger partial charge in [-0.3, -0.25) is 4.57 Å². The molecule has 0 saturated heterocycles. The number of anilines is 1. The fraction of sp³-hybridized carbons (Fsp3) is 0.435. The van der Waals surface area contributed by atoms with Gasteiger partial charge in [-0.1, -0.05) is 0 Å². The number of aliphatic hydroxyl groups is 1. The lowest BCUT2D eigenvalue weighted by molar-refractivity contribution is -0.0583. The summed E-state index contributed by atoms with van der Waals surface area (Å²) in [5.74, 6) is 0.0746. The van der Waals surface area contributed by atoms with Crippen molar-refractivity contribution in [3.63, 3.8) is 0 Å². The molecule has 0 aliphatic carbocycles. The van der Waals surface area contributed by atoms with Crippen molar-refractivity contribution < 1.29 is 27.8 Å². The van der Waals surface area contributed by atoms with Crippen molar-refractivity contribution in [1.29, 1.82) is 5.26 Å². The SMILES string of the molecule is CCOP(=O)(CN(c1ccc(F)cc1)[C@H]1c2cc(C#N)ccc2OC(C)(C)[C@@H]1O)OCC. The first-order valence-electron chi connectivity index (χ1n) is 10.5. The van der Waals surface area contributed by atoms with E-state index in [1.54, 1.807) is 62.9 Å². The molecular weight excluding hydrogens is 434 g/mol. The number of benzene rings is 2. The van der Waals surface area contributed by atoms with Gasteiger partial charge in [-0.25, -0.2) is 4.39 Å². The number of rotatable bonds is 8. The zero-order valence-electron chi connectivity index (χ0n) is 18.6. The molecule has 0 unspecified atom stereocenters. The van der Waals surface area contributed by atoms with Crippen LogP contribution in [0.2, 0.25) is 0 Å². The van der Waals surface area contributed by atoms with Crippen LogP contribution in [0.4, 0.5) is 10.1 Å². The normalized spacial score (nSPS) is 19.5. The summed E-state index contributed by atoms with van der Waals surface area (Å²) < 4.78 is 44.2. The predicted octanol–water partition coefficient (Wildman–Crippen LogP) is 5.00. The monoisotopic (exact) mass is 462 g/mol. The van der Waals surface area contributed by atoms with Gasteiger partial charge in [0.1, 0.15) is 29.6 Å². The molecule has 2 aromatic carbocycles. The van der Waals surface area contributed by atoms with Crippen molar-refractivity contribution in [3.8, 4) is 11.8 Å². The van der Waals surface area contributed by atoms with Crippen molar-refractivity contribution in [1.82, 2.24) is 0 Å². The Morgan fingerprint density at radius 1 is 1.19 bits per heavy atom. The van der Waals surface area contributed by atoms with Crippen LogP contribution in [0.1, 0.15) is 44.9 Å². The summed E-state index contributed by atoms with van der Waals surface area (Å²) in [6, 6.07) is 12.0. The Bertz CT molecular complexity index is 1030. The second-order valence-corrected chi connectivity index (χ2v) is 10.0. The molecule has 1 heterocycles. The summed E-state index contributed by atoms with van der Waals surface area (Å²) in [6.07, 6.45) is -1.26. The summed E-state index contributed by atoms with van der Waals surface area (Å²) in [5.41, 5.74) is 0.465. The van der Waals surface area contributed by atoms with Crippen LogP contribution in [0.15, 0.2) is 42.5 Å². The summed E-state index contributed by atoms with van der Waals surface area (Å²) >= 11 is 0. The minimum Gasteiger partial charge on any atom is -0.485 e. The molecule has 0 saturated carbocycles. The average molecular weight is 462 g/mol. The van der Waals surface area contributed by atoms with Gasteiger partial charge in [0.05, 0.1) is 30.9 Å². The van der Waals surface area contributed by atoms with Crippen LogP contribution in [0.25, 0.3) is 0 Å². The maximum atomic E-state index is 13.7. The third-order valence-electron chi connectivity index (χ3n) is 5.31. The number of hydrogen-bond acceptors (Lipinski definition) is 7. The Labute approximate surface area is 187 Å². The van der Waals surface area contributed by atoms with Crippen molar-refractivity contribution >= 4 is 13.3 Å². The standard InChI is InChI=1S/C23H28FN2O5P/c1-5-29-32(28,30-6-2)15-26(18-10-8-17(24)9-11-18)21-19-13-16(14-25)7-12-20(19)31-23(3,4)22(21)27/h7-13,21-22,27H,5-6,15H2,1-4H3/t21-,22+/m0/s1. The lowest BCUT2D eigenvalue weighted by atomic mass is 9.85. The third kappa shape index (κ3) is 4.97. The Kier molecular flexibility index (Phi) is 7.26. The smallest absolute Gasteiger partial charge is 0.349 e. The first-order chi connectivity index (χ1) is 15.1. The van der Waals surface area contributed by atoms with Crippen LogP contribution < -0.4 is 9.64 Å². The van der Waals surface area contributed by atoms with Crippen LogP contribution in [0.5, 0.6) is 5.75 Å². The van der Waals surface area contributed by atoms with Gasteiger partial charge in [-0.05, 0) is 70.2 Å². The fourth-order valence-electron chi connectivity index (χ4n) is 3.84. The van der Waals surface area contributed by atoms with E-state index in [0.717, 1.165) is 0 Å². The van der Waals surface area contributed by atoms with Gasteiger partial charge in [-0.2, -0.15) is 5.26 Å². The third-order valence-corrected chi connectivity index (χ3v) is 7.27. The summed E-state index contributed by atoms with van der Waals surface area (Å²) in [6.45, 7) is 7.28. The van der Waals surface area contributed by atoms with Crippen molar-refractivity contribution in [2.75, 3.05) is 24.4 Å². The van der Waals surface area contributed by atoms with E-state index in [1.165, 1.54) is 12.1 Å². The first-order valence-corrected chi connectivity index (χ1v) is 12.2. The van der Waals surface area contributed by atoms with Gasteiger partial charge < -0.3 is 23.8 Å². The molecule has 1 N–H and O–H groups in total. The molecule has 1 aliphatic rings. The highest BCUT2D eigenvalue weighted by atomic mass is 31.2. The Hall–Kier alpha value is -2.43. The predicted molar refractivity (Wildman–Crippen MR) is 119 cm³/mol. The number of fused-ring (bicyclic) bond motifs is 1. The van der Waals surface area contributed by atoms with Crippen LogP contribution in [0, 0.1) is 17.1 Å². The number of nitrogens with zero attached hydrogens (tertiary/aromatic N) is 2. The molecule has 0 radical (unpaired) electrons. The van der Waals surface area contributed by atoms with Gasteiger partial charge in [-0.15, -0.1) is 0 Å². The van der Waals surface area contributed by atoms with Crippen LogP contribution in [-0.4, -0.2) is 36.3 Å². The first kappa shape index (κ1) is 24.2. The van der Waals surface area contributed by atoms with E-state index >= 15 is 0 Å². The van der Waals surface area contributed by atoms with Gasteiger partial charge in [0.25, 0.3) is 0 Å². The number of aliphatic hydroxyl groups excluding tert-OH is 1. The lowest BCUT2D eigenvalue weighted by Crippen LogP contribution is -2.54.